The molecule has 3 aromatic rings. The van der Waals surface area contributed by atoms with Crippen molar-refractivity contribution in [1.29, 1.82) is 0 Å². The summed E-state index contributed by atoms with van der Waals surface area (Å²) in [5.41, 5.74) is 8.59. The molecule has 0 saturated carbocycles. The van der Waals surface area contributed by atoms with Crippen LogP contribution in [-0.2, 0) is 13.0 Å². The van der Waals surface area contributed by atoms with E-state index in [9.17, 15) is 0 Å². The Morgan fingerprint density at radius 1 is 1.13 bits per heavy atom. The molecule has 1 aliphatic rings. The molecule has 2 nitrogen and oxygen atoms in total. The molecule has 0 bridgehead atoms. The van der Waals surface area contributed by atoms with Crippen molar-refractivity contribution in [1.82, 2.24) is 4.98 Å². The van der Waals surface area contributed by atoms with Crippen LogP contribution in [0.25, 0.3) is 16.6 Å². The van der Waals surface area contributed by atoms with Crippen LogP contribution < -0.4 is 4.90 Å². The van der Waals surface area contributed by atoms with Gasteiger partial charge in [0.05, 0.1) is 5.52 Å². The quantitative estimate of drug-likeness (QED) is 0.655. The van der Waals surface area contributed by atoms with Crippen molar-refractivity contribution < 1.29 is 0 Å². The van der Waals surface area contributed by atoms with Crippen LogP contribution in [0.5, 0.6) is 0 Å². The molecule has 0 N–H and O–H groups in total. The van der Waals surface area contributed by atoms with Crippen LogP contribution >= 0.6 is 0 Å². The maximum Gasteiger partial charge on any atom is 0.0706 e. The second-order valence-corrected chi connectivity index (χ2v) is 6.21. The number of aryl methyl sites for hydroxylation is 2. The van der Waals surface area contributed by atoms with Crippen molar-refractivity contribution in [2.24, 2.45) is 0 Å². The van der Waals surface area contributed by atoms with Gasteiger partial charge in [-0.2, -0.15) is 0 Å². The highest BCUT2D eigenvalue weighted by Crippen LogP contribution is 2.37. The first-order chi connectivity index (χ1) is 11.2. The van der Waals surface area contributed by atoms with Crippen LogP contribution in [0, 0.1) is 6.92 Å². The number of hydrogen-bond donors (Lipinski definition) is 0. The highest BCUT2D eigenvalue weighted by molar-refractivity contribution is 5.90. The zero-order valence-corrected chi connectivity index (χ0v) is 13.6. The van der Waals surface area contributed by atoms with Gasteiger partial charge in [-0.1, -0.05) is 25.6 Å². The summed E-state index contributed by atoms with van der Waals surface area (Å²) >= 11 is 0. The lowest BCUT2D eigenvalue weighted by atomic mass is 10.0. The van der Waals surface area contributed by atoms with E-state index < -0.39 is 0 Å². The lowest BCUT2D eigenvalue weighted by molar-refractivity contribution is 1.04. The van der Waals surface area contributed by atoms with Crippen molar-refractivity contribution in [3.05, 3.63) is 77.5 Å². The Morgan fingerprint density at radius 3 is 2.83 bits per heavy atom. The van der Waals surface area contributed by atoms with Gasteiger partial charge >= 0.3 is 0 Å². The average Bonchev–Trinajstić information content (AvgIpc) is 2.91. The second kappa shape index (κ2) is 5.24. The summed E-state index contributed by atoms with van der Waals surface area (Å²) in [4.78, 5) is 6.75. The van der Waals surface area contributed by atoms with Gasteiger partial charge in [-0.05, 0) is 60.4 Å². The number of pyridine rings is 1. The van der Waals surface area contributed by atoms with Gasteiger partial charge in [-0.25, -0.2) is 0 Å². The summed E-state index contributed by atoms with van der Waals surface area (Å²) in [6.45, 7) is 9.56. The van der Waals surface area contributed by atoms with Gasteiger partial charge in [-0.15, -0.1) is 0 Å². The van der Waals surface area contributed by atoms with E-state index in [0.29, 0.717) is 0 Å². The summed E-state index contributed by atoms with van der Waals surface area (Å²) in [5.74, 6) is 0. The topological polar surface area (TPSA) is 16.1 Å². The minimum atomic E-state index is 0.892. The Kier molecular flexibility index (Phi) is 3.19. The summed E-state index contributed by atoms with van der Waals surface area (Å²) in [6, 6.07) is 15.3. The van der Waals surface area contributed by atoms with E-state index in [1.807, 2.05) is 6.20 Å². The normalized spacial score (nSPS) is 13.7. The molecule has 0 aliphatic carbocycles. The first-order valence-corrected chi connectivity index (χ1v) is 8.11. The van der Waals surface area contributed by atoms with Crippen molar-refractivity contribution >= 4 is 22.3 Å². The molecule has 0 saturated heterocycles. The Bertz CT molecular complexity index is 924. The third-order valence-corrected chi connectivity index (χ3v) is 4.80. The number of hydrogen-bond acceptors (Lipinski definition) is 2. The first-order valence-electron chi connectivity index (χ1n) is 8.11. The lowest BCUT2D eigenvalue weighted by Gasteiger charge is -2.20. The van der Waals surface area contributed by atoms with Crippen LogP contribution in [0.3, 0.4) is 0 Å². The van der Waals surface area contributed by atoms with Gasteiger partial charge in [-0.3, -0.25) is 4.98 Å². The fraction of sp³-hybridized carbons (Fsp3) is 0.190. The molecule has 2 heteroatoms. The van der Waals surface area contributed by atoms with Crippen molar-refractivity contribution in [3.63, 3.8) is 0 Å². The molecule has 2 heterocycles. The number of fused-ring (bicyclic) bond motifs is 2. The standard InChI is InChI=1S/C21H20N2/c1-4-16-5-6-17-13-23(15(3)20(17)11-16)18-7-8-21-19(12-18)14(2)9-10-22-21/h5-12H,3-4,13H2,1-2H3. The molecule has 2 aromatic carbocycles. The molecular formula is C21H20N2. The number of benzene rings is 2. The minimum absolute atomic E-state index is 0.892. The average molecular weight is 300 g/mol. The zero-order chi connectivity index (χ0) is 16.0. The van der Waals surface area contributed by atoms with E-state index in [0.717, 1.165) is 24.2 Å². The Balaban J connectivity index is 1.77. The highest BCUT2D eigenvalue weighted by atomic mass is 15.2. The number of anilines is 1. The van der Waals surface area contributed by atoms with E-state index in [1.165, 1.54) is 33.3 Å². The third kappa shape index (κ3) is 2.22. The summed E-state index contributed by atoms with van der Waals surface area (Å²) in [7, 11) is 0. The second-order valence-electron chi connectivity index (χ2n) is 6.21. The molecule has 0 atom stereocenters. The SMILES string of the molecule is C=C1c2cc(CC)ccc2CN1c1ccc2nccc(C)c2c1. The van der Waals surface area contributed by atoms with Gasteiger partial charge in [0.1, 0.15) is 0 Å². The fourth-order valence-corrected chi connectivity index (χ4v) is 3.35. The highest BCUT2D eigenvalue weighted by Gasteiger charge is 2.23. The Hall–Kier alpha value is -2.61. The Labute approximate surface area is 137 Å². The maximum atomic E-state index is 4.45. The molecule has 1 aromatic heterocycles. The van der Waals surface area contributed by atoms with E-state index in [-0.39, 0.29) is 0 Å². The van der Waals surface area contributed by atoms with Gasteiger partial charge in [0.25, 0.3) is 0 Å². The molecule has 0 radical (unpaired) electrons. The van der Waals surface area contributed by atoms with Gasteiger partial charge in [0.15, 0.2) is 0 Å². The summed E-state index contributed by atoms with van der Waals surface area (Å²) in [5, 5.41) is 1.21. The zero-order valence-electron chi connectivity index (χ0n) is 13.6. The predicted octanol–water partition coefficient (Wildman–Crippen LogP) is 5.10. The number of aromatic nitrogens is 1. The molecule has 0 unspecified atom stereocenters. The van der Waals surface area contributed by atoms with E-state index in [1.54, 1.807) is 0 Å². The maximum absolute atomic E-state index is 4.45. The number of rotatable bonds is 2. The van der Waals surface area contributed by atoms with Crippen LogP contribution in [0.1, 0.15) is 29.2 Å². The van der Waals surface area contributed by atoms with E-state index >= 15 is 0 Å². The molecule has 114 valence electrons. The van der Waals surface area contributed by atoms with Crippen LogP contribution in [0.2, 0.25) is 0 Å². The molecule has 0 amide bonds. The molecular weight excluding hydrogens is 280 g/mol. The van der Waals surface area contributed by atoms with Gasteiger partial charge in [0.2, 0.25) is 0 Å². The smallest absolute Gasteiger partial charge is 0.0706 e. The van der Waals surface area contributed by atoms with Crippen LogP contribution in [-0.4, -0.2) is 4.98 Å². The summed E-state index contributed by atoms with van der Waals surface area (Å²) < 4.78 is 0. The lowest BCUT2D eigenvalue weighted by Crippen LogP contribution is -2.12. The van der Waals surface area contributed by atoms with E-state index in [4.69, 9.17) is 0 Å². The first kappa shape index (κ1) is 14.0. The molecule has 4 rings (SSSR count). The van der Waals surface area contributed by atoms with Gasteiger partial charge < -0.3 is 4.90 Å². The Morgan fingerprint density at radius 2 is 2.00 bits per heavy atom. The summed E-state index contributed by atoms with van der Waals surface area (Å²) in [6.07, 6.45) is 2.93. The minimum Gasteiger partial charge on any atom is -0.337 e. The fourth-order valence-electron chi connectivity index (χ4n) is 3.35. The van der Waals surface area contributed by atoms with E-state index in [2.05, 4.69) is 72.8 Å². The largest absolute Gasteiger partial charge is 0.337 e. The van der Waals surface area contributed by atoms with Gasteiger partial charge in [0, 0.05) is 35.1 Å². The van der Waals surface area contributed by atoms with Crippen molar-refractivity contribution in [3.8, 4) is 0 Å². The molecule has 0 fully saturated rings. The molecule has 0 spiro atoms. The molecule has 1 aliphatic heterocycles. The van der Waals surface area contributed by atoms with Crippen LogP contribution in [0.15, 0.2) is 55.2 Å². The monoisotopic (exact) mass is 300 g/mol. The molecule has 23 heavy (non-hydrogen) atoms. The van der Waals surface area contributed by atoms with Crippen molar-refractivity contribution in [2.45, 2.75) is 26.8 Å². The van der Waals surface area contributed by atoms with Crippen LogP contribution in [0.4, 0.5) is 5.69 Å². The van der Waals surface area contributed by atoms with Crippen molar-refractivity contribution in [2.75, 3.05) is 4.90 Å². The number of nitrogens with zero attached hydrogens (tertiary/aromatic N) is 2. The third-order valence-electron chi connectivity index (χ3n) is 4.80. The predicted molar refractivity (Wildman–Crippen MR) is 97.5 cm³/mol.